The number of rotatable bonds is 4. The summed E-state index contributed by atoms with van der Waals surface area (Å²) < 4.78 is 22.4. The standard InChI is InChI=1S/C14H21N3O3S/c1-10(17-14(18)12-3-2-8-16-9-12)11-4-6-13(7-5-11)21(15,19)20/h4-7,10,12,16H,2-3,8-9H2,1H3,(H,17,18)(H2,15,19,20)/t10?,12-/m1/s1. The highest BCUT2D eigenvalue weighted by Crippen LogP contribution is 2.17. The van der Waals surface area contributed by atoms with Gasteiger partial charge in [-0.3, -0.25) is 4.79 Å². The van der Waals surface area contributed by atoms with Crippen LogP contribution in [0.15, 0.2) is 29.2 Å². The molecule has 21 heavy (non-hydrogen) atoms. The monoisotopic (exact) mass is 311 g/mol. The van der Waals surface area contributed by atoms with Gasteiger partial charge in [0.15, 0.2) is 0 Å². The zero-order valence-corrected chi connectivity index (χ0v) is 12.8. The second kappa shape index (κ2) is 6.55. The van der Waals surface area contributed by atoms with Crippen molar-refractivity contribution in [1.29, 1.82) is 0 Å². The molecule has 7 heteroatoms. The van der Waals surface area contributed by atoms with E-state index < -0.39 is 10.0 Å². The van der Waals surface area contributed by atoms with E-state index in [2.05, 4.69) is 10.6 Å². The van der Waals surface area contributed by atoms with Gasteiger partial charge in [-0.1, -0.05) is 12.1 Å². The first kappa shape index (κ1) is 15.9. The summed E-state index contributed by atoms with van der Waals surface area (Å²) in [5.74, 6) is 0.0371. The van der Waals surface area contributed by atoms with E-state index in [9.17, 15) is 13.2 Å². The summed E-state index contributed by atoms with van der Waals surface area (Å²) in [7, 11) is -3.68. The fraction of sp³-hybridized carbons (Fsp3) is 0.500. The van der Waals surface area contributed by atoms with Crippen LogP contribution in [0.25, 0.3) is 0 Å². The number of nitrogens with one attached hydrogen (secondary N) is 2. The van der Waals surface area contributed by atoms with Gasteiger partial charge >= 0.3 is 0 Å². The Hall–Kier alpha value is -1.44. The Labute approximate surface area is 125 Å². The summed E-state index contributed by atoms with van der Waals surface area (Å²) >= 11 is 0. The maximum absolute atomic E-state index is 12.1. The second-order valence-corrected chi connectivity index (χ2v) is 6.95. The van der Waals surface area contributed by atoms with Crippen molar-refractivity contribution < 1.29 is 13.2 Å². The first-order valence-corrected chi connectivity index (χ1v) is 8.56. The third-order valence-corrected chi connectivity index (χ3v) is 4.66. The van der Waals surface area contributed by atoms with Gasteiger partial charge in [0.25, 0.3) is 0 Å². The highest BCUT2D eigenvalue weighted by atomic mass is 32.2. The number of nitrogens with two attached hydrogens (primary N) is 1. The Balaban J connectivity index is 1.99. The molecule has 0 saturated carbocycles. The molecule has 1 aliphatic rings. The van der Waals surface area contributed by atoms with Gasteiger partial charge in [0.2, 0.25) is 15.9 Å². The van der Waals surface area contributed by atoms with Crippen molar-refractivity contribution in [3.63, 3.8) is 0 Å². The van der Waals surface area contributed by atoms with Crippen LogP contribution in [0.3, 0.4) is 0 Å². The summed E-state index contributed by atoms with van der Waals surface area (Å²) in [5, 5.41) is 11.2. The average molecular weight is 311 g/mol. The summed E-state index contributed by atoms with van der Waals surface area (Å²) in [5.41, 5.74) is 0.847. The molecule has 1 aliphatic heterocycles. The van der Waals surface area contributed by atoms with Crippen molar-refractivity contribution in [3.05, 3.63) is 29.8 Å². The first-order valence-electron chi connectivity index (χ1n) is 7.02. The van der Waals surface area contributed by atoms with Gasteiger partial charge in [-0.2, -0.15) is 0 Å². The molecule has 0 radical (unpaired) electrons. The lowest BCUT2D eigenvalue weighted by Crippen LogP contribution is -2.41. The normalized spacial score (nSPS) is 20.8. The van der Waals surface area contributed by atoms with Crippen molar-refractivity contribution in [1.82, 2.24) is 10.6 Å². The first-order chi connectivity index (χ1) is 9.88. The van der Waals surface area contributed by atoms with E-state index in [0.29, 0.717) is 6.54 Å². The van der Waals surface area contributed by atoms with Crippen LogP contribution in [0.2, 0.25) is 0 Å². The molecule has 0 bridgehead atoms. The number of sulfonamides is 1. The Morgan fingerprint density at radius 1 is 1.38 bits per heavy atom. The number of primary sulfonamides is 1. The van der Waals surface area contributed by atoms with Crippen LogP contribution in [0.1, 0.15) is 31.4 Å². The Morgan fingerprint density at radius 3 is 2.57 bits per heavy atom. The Kier molecular flexibility index (Phi) is 4.97. The zero-order valence-electron chi connectivity index (χ0n) is 12.0. The van der Waals surface area contributed by atoms with E-state index in [1.165, 1.54) is 12.1 Å². The molecule has 1 fully saturated rings. The number of hydrogen-bond acceptors (Lipinski definition) is 4. The van der Waals surface area contributed by atoms with E-state index in [4.69, 9.17) is 5.14 Å². The average Bonchev–Trinajstić information content (AvgIpc) is 2.47. The van der Waals surface area contributed by atoms with E-state index in [-0.39, 0.29) is 22.8 Å². The second-order valence-electron chi connectivity index (χ2n) is 5.39. The minimum Gasteiger partial charge on any atom is -0.349 e. The van der Waals surface area contributed by atoms with E-state index in [1.807, 2.05) is 6.92 Å². The molecule has 2 atom stereocenters. The predicted molar refractivity (Wildman–Crippen MR) is 80.0 cm³/mol. The minimum atomic E-state index is -3.68. The Morgan fingerprint density at radius 2 is 2.05 bits per heavy atom. The maximum Gasteiger partial charge on any atom is 0.238 e. The van der Waals surface area contributed by atoms with Gasteiger partial charge in [0, 0.05) is 6.54 Å². The summed E-state index contributed by atoms with van der Waals surface area (Å²) in [4.78, 5) is 12.2. The molecular weight excluding hydrogens is 290 g/mol. The Bertz CT molecular complexity index is 592. The molecule has 6 nitrogen and oxygen atoms in total. The fourth-order valence-corrected chi connectivity index (χ4v) is 2.95. The van der Waals surface area contributed by atoms with E-state index in [0.717, 1.165) is 24.9 Å². The highest BCUT2D eigenvalue weighted by Gasteiger charge is 2.22. The molecule has 1 heterocycles. The largest absolute Gasteiger partial charge is 0.349 e. The molecule has 1 aromatic carbocycles. The van der Waals surface area contributed by atoms with Crippen LogP contribution in [-0.2, 0) is 14.8 Å². The number of carbonyl (C=O) groups excluding carboxylic acids is 1. The van der Waals surface area contributed by atoms with Crippen molar-refractivity contribution in [2.45, 2.75) is 30.7 Å². The third kappa shape index (κ3) is 4.26. The summed E-state index contributed by atoms with van der Waals surface area (Å²) in [6.07, 6.45) is 1.91. The maximum atomic E-state index is 12.1. The number of benzene rings is 1. The molecule has 0 aliphatic carbocycles. The van der Waals surface area contributed by atoms with Crippen LogP contribution in [0, 0.1) is 5.92 Å². The highest BCUT2D eigenvalue weighted by molar-refractivity contribution is 7.89. The van der Waals surface area contributed by atoms with Crippen LogP contribution in [0.5, 0.6) is 0 Å². The van der Waals surface area contributed by atoms with Gasteiger partial charge in [0.05, 0.1) is 16.9 Å². The molecule has 4 N–H and O–H groups in total. The van der Waals surface area contributed by atoms with Crippen LogP contribution >= 0.6 is 0 Å². The van der Waals surface area contributed by atoms with Gasteiger partial charge in [-0.15, -0.1) is 0 Å². The fourth-order valence-electron chi connectivity index (χ4n) is 2.44. The van der Waals surface area contributed by atoms with Crippen molar-refractivity contribution in [2.75, 3.05) is 13.1 Å². The molecule has 1 amide bonds. The molecule has 1 unspecified atom stereocenters. The van der Waals surface area contributed by atoms with Crippen molar-refractivity contribution >= 4 is 15.9 Å². The molecule has 1 saturated heterocycles. The molecule has 0 spiro atoms. The SMILES string of the molecule is CC(NC(=O)[C@@H]1CCCNC1)c1ccc(S(N)(=O)=O)cc1. The van der Waals surface area contributed by atoms with Gasteiger partial charge in [-0.25, -0.2) is 13.6 Å². The molecule has 116 valence electrons. The molecular formula is C14H21N3O3S. The lowest BCUT2D eigenvalue weighted by molar-refractivity contribution is -0.126. The third-order valence-electron chi connectivity index (χ3n) is 3.74. The predicted octanol–water partition coefficient (Wildman–Crippen LogP) is 0.511. The smallest absolute Gasteiger partial charge is 0.238 e. The van der Waals surface area contributed by atoms with Crippen LogP contribution < -0.4 is 15.8 Å². The van der Waals surface area contributed by atoms with Gasteiger partial charge in [-0.05, 0) is 44.0 Å². The van der Waals surface area contributed by atoms with Crippen LogP contribution in [0.4, 0.5) is 0 Å². The topological polar surface area (TPSA) is 101 Å². The number of piperidine rings is 1. The zero-order chi connectivity index (χ0) is 15.5. The number of hydrogen-bond donors (Lipinski definition) is 3. The minimum absolute atomic E-state index is 0.00453. The van der Waals surface area contributed by atoms with E-state index >= 15 is 0 Å². The lowest BCUT2D eigenvalue weighted by Gasteiger charge is -2.24. The van der Waals surface area contributed by atoms with Crippen molar-refractivity contribution in [2.24, 2.45) is 11.1 Å². The number of carbonyl (C=O) groups is 1. The summed E-state index contributed by atoms with van der Waals surface area (Å²) in [6, 6.07) is 6.08. The quantitative estimate of drug-likeness (QED) is 0.754. The molecule has 1 aromatic rings. The molecule has 0 aromatic heterocycles. The summed E-state index contributed by atoms with van der Waals surface area (Å²) in [6.45, 7) is 3.55. The lowest BCUT2D eigenvalue weighted by atomic mass is 9.98. The van der Waals surface area contributed by atoms with Gasteiger partial charge < -0.3 is 10.6 Å². The molecule has 2 rings (SSSR count). The van der Waals surface area contributed by atoms with Crippen LogP contribution in [-0.4, -0.2) is 27.4 Å². The number of amides is 1. The van der Waals surface area contributed by atoms with Gasteiger partial charge in [0.1, 0.15) is 0 Å². The van der Waals surface area contributed by atoms with Crippen molar-refractivity contribution in [3.8, 4) is 0 Å². The van der Waals surface area contributed by atoms with E-state index in [1.54, 1.807) is 12.1 Å².